The average molecular weight is 670 g/mol. The summed E-state index contributed by atoms with van der Waals surface area (Å²) in [6, 6.07) is 6.68. The highest BCUT2D eigenvalue weighted by atomic mass is 79.9. The molecule has 17 heteroatoms. The minimum atomic E-state index is -2.88. The van der Waals surface area contributed by atoms with Gasteiger partial charge in [0.1, 0.15) is 49.1 Å². The number of aliphatic hydroxyl groups excluding tert-OH is 2. The maximum atomic E-state index is 14.7. The maximum absolute atomic E-state index is 14.7. The summed E-state index contributed by atoms with van der Waals surface area (Å²) in [4.78, 5) is 4.26. The van der Waals surface area contributed by atoms with Crippen LogP contribution in [0.5, 0.6) is 0 Å². The second-order valence-corrected chi connectivity index (χ2v) is 11.1. The number of halogens is 5. The lowest BCUT2D eigenvalue weighted by atomic mass is 9.91. The monoisotopic (exact) mass is 669 g/mol. The van der Waals surface area contributed by atoms with Crippen LogP contribution in [0.4, 0.5) is 17.6 Å². The topological polar surface area (TPSA) is 133 Å². The number of hydrogen-bond acceptors (Lipinski definition) is 10. The summed E-state index contributed by atoms with van der Waals surface area (Å²) < 4.78 is 70.8. The second-order valence-electron chi connectivity index (χ2n) is 9.32. The molecule has 220 valence electrons. The molecule has 0 radical (unpaired) electrons. The predicted molar refractivity (Wildman–Crippen MR) is 143 cm³/mol. The zero-order valence-corrected chi connectivity index (χ0v) is 23.5. The molecule has 5 atom stereocenters. The van der Waals surface area contributed by atoms with Gasteiger partial charge in [-0.15, -0.1) is 26.6 Å². The van der Waals surface area contributed by atoms with E-state index in [0.29, 0.717) is 5.69 Å². The Morgan fingerprint density at radius 1 is 1.14 bits per heavy atom. The van der Waals surface area contributed by atoms with Crippen molar-refractivity contribution in [1.29, 1.82) is 0 Å². The van der Waals surface area contributed by atoms with Gasteiger partial charge in [0.15, 0.2) is 17.5 Å². The summed E-state index contributed by atoms with van der Waals surface area (Å²) in [6.07, 6.45) is -5.65. The molecule has 1 saturated heterocycles. The Labute approximate surface area is 246 Å². The van der Waals surface area contributed by atoms with Gasteiger partial charge in [-0.25, -0.2) is 27.2 Å². The molecule has 1 aliphatic rings. The molecule has 2 aromatic carbocycles. The van der Waals surface area contributed by atoms with Crippen LogP contribution in [-0.2, 0) is 9.47 Å². The van der Waals surface area contributed by atoms with E-state index in [1.807, 2.05) is 6.07 Å². The third-order valence-corrected chi connectivity index (χ3v) is 8.23. The van der Waals surface area contributed by atoms with Gasteiger partial charge in [0, 0.05) is 11.3 Å². The SMILES string of the molecule is OC[C@H]1O[C@@H](c2nncn2-c2ccc3ncsc3c2)[C@H](OCC(F)F)[C@@H](n2cc(-c3ccc(Br)c(F)c3F)nn2)[C@H]1O. The molecule has 2 N–H and O–H groups in total. The lowest BCUT2D eigenvalue weighted by Gasteiger charge is -2.43. The van der Waals surface area contributed by atoms with Crippen LogP contribution in [-0.4, -0.2) is 82.9 Å². The molecular weight excluding hydrogens is 650 g/mol. The number of alkyl halides is 2. The van der Waals surface area contributed by atoms with Crippen molar-refractivity contribution >= 4 is 37.5 Å². The van der Waals surface area contributed by atoms with E-state index < -0.39 is 61.7 Å². The van der Waals surface area contributed by atoms with E-state index in [9.17, 15) is 27.8 Å². The van der Waals surface area contributed by atoms with E-state index in [4.69, 9.17) is 9.47 Å². The number of benzene rings is 2. The van der Waals surface area contributed by atoms with Crippen molar-refractivity contribution in [2.24, 2.45) is 0 Å². The van der Waals surface area contributed by atoms with Crippen LogP contribution in [0.3, 0.4) is 0 Å². The largest absolute Gasteiger partial charge is 0.394 e. The number of thiazole rings is 1. The highest BCUT2D eigenvalue weighted by Gasteiger charge is 2.50. The third kappa shape index (κ3) is 5.20. The van der Waals surface area contributed by atoms with Crippen molar-refractivity contribution in [3.05, 3.63) is 70.3 Å². The van der Waals surface area contributed by atoms with E-state index in [0.717, 1.165) is 14.9 Å². The number of rotatable bonds is 8. The van der Waals surface area contributed by atoms with Crippen LogP contribution in [0.15, 0.2) is 52.8 Å². The zero-order valence-electron chi connectivity index (χ0n) is 21.1. The molecule has 0 unspecified atom stereocenters. The first kappa shape index (κ1) is 28.8. The number of aliphatic hydroxyl groups is 2. The van der Waals surface area contributed by atoms with Crippen LogP contribution in [0.25, 0.3) is 27.2 Å². The first-order valence-electron chi connectivity index (χ1n) is 12.4. The minimum Gasteiger partial charge on any atom is -0.394 e. The fourth-order valence-corrected chi connectivity index (χ4v) is 5.89. The summed E-state index contributed by atoms with van der Waals surface area (Å²) in [7, 11) is 0. The van der Waals surface area contributed by atoms with Gasteiger partial charge in [-0.1, -0.05) is 5.21 Å². The summed E-state index contributed by atoms with van der Waals surface area (Å²) >= 11 is 4.33. The van der Waals surface area contributed by atoms with Crippen molar-refractivity contribution < 1.29 is 37.2 Å². The second kappa shape index (κ2) is 11.7. The van der Waals surface area contributed by atoms with E-state index in [1.165, 1.54) is 36.0 Å². The lowest BCUT2D eigenvalue weighted by Crippen LogP contribution is -2.54. The van der Waals surface area contributed by atoms with Crippen LogP contribution in [0, 0.1) is 11.6 Å². The van der Waals surface area contributed by atoms with Crippen molar-refractivity contribution in [1.82, 2.24) is 34.7 Å². The molecule has 6 rings (SSSR count). The summed E-state index contributed by atoms with van der Waals surface area (Å²) in [6.45, 7) is -1.70. The molecule has 11 nitrogen and oxygen atoms in total. The van der Waals surface area contributed by atoms with Gasteiger partial charge in [0.05, 0.1) is 33.0 Å². The van der Waals surface area contributed by atoms with Crippen LogP contribution < -0.4 is 0 Å². The molecule has 0 aliphatic carbocycles. The summed E-state index contributed by atoms with van der Waals surface area (Å²) in [5.41, 5.74) is 2.77. The smallest absolute Gasteiger partial charge is 0.261 e. The van der Waals surface area contributed by atoms with Crippen molar-refractivity contribution in [2.45, 2.75) is 36.9 Å². The molecule has 1 aliphatic heterocycles. The molecule has 5 aromatic rings. The molecular formula is C25H20BrF4N7O4S. The highest BCUT2D eigenvalue weighted by molar-refractivity contribution is 9.10. The number of nitrogens with zero attached hydrogens (tertiary/aromatic N) is 7. The quantitative estimate of drug-likeness (QED) is 0.187. The highest BCUT2D eigenvalue weighted by Crippen LogP contribution is 2.41. The number of aromatic nitrogens is 7. The molecule has 3 aromatic heterocycles. The summed E-state index contributed by atoms with van der Waals surface area (Å²) in [5, 5.41) is 37.3. The first-order valence-corrected chi connectivity index (χ1v) is 14.1. The fourth-order valence-electron chi connectivity index (χ4n) is 4.88. The first-order chi connectivity index (χ1) is 20.3. The van der Waals surface area contributed by atoms with Crippen LogP contribution >= 0.6 is 27.3 Å². The van der Waals surface area contributed by atoms with E-state index in [1.54, 1.807) is 22.2 Å². The molecule has 0 amide bonds. The summed E-state index contributed by atoms with van der Waals surface area (Å²) in [5.74, 6) is -2.19. The number of hydrogen-bond donors (Lipinski definition) is 2. The van der Waals surface area contributed by atoms with Gasteiger partial charge in [0.25, 0.3) is 6.43 Å². The Morgan fingerprint density at radius 2 is 1.98 bits per heavy atom. The van der Waals surface area contributed by atoms with E-state index in [2.05, 4.69) is 41.4 Å². The maximum Gasteiger partial charge on any atom is 0.261 e. The molecule has 0 saturated carbocycles. The fraction of sp³-hybridized carbons (Fsp3) is 0.320. The van der Waals surface area contributed by atoms with Gasteiger partial charge < -0.3 is 19.7 Å². The molecule has 0 spiro atoms. The van der Waals surface area contributed by atoms with Crippen molar-refractivity contribution in [3.8, 4) is 16.9 Å². The van der Waals surface area contributed by atoms with Gasteiger partial charge in [-0.2, -0.15) is 0 Å². The minimum absolute atomic E-state index is 0.0938. The Balaban J connectivity index is 1.43. The Kier molecular flexibility index (Phi) is 8.03. The van der Waals surface area contributed by atoms with Gasteiger partial charge in [-0.3, -0.25) is 4.57 Å². The standard InChI is InChI=1S/C25H20BrF4N7O4S/c26-13-3-2-12(19(29)20(13)30)15-6-37(35-33-15)21-22(39)16(7-38)41-24(23(21)40-8-18(27)28)25-34-32-9-36(25)11-1-4-14-17(5-11)42-10-31-14/h1-6,9-10,16,18,21-24,38-39H,7-8H2/t16-,21+,22+,23-,24-/m1/s1. The molecule has 42 heavy (non-hydrogen) atoms. The van der Waals surface area contributed by atoms with E-state index in [-0.39, 0.29) is 21.6 Å². The van der Waals surface area contributed by atoms with Gasteiger partial charge in [0.2, 0.25) is 0 Å². The normalized spacial score (nSPS) is 22.8. The number of ether oxygens (including phenoxy) is 2. The third-order valence-electron chi connectivity index (χ3n) is 6.83. The molecule has 4 heterocycles. The lowest BCUT2D eigenvalue weighted by molar-refractivity contribution is -0.229. The zero-order chi connectivity index (χ0) is 29.5. The Hall–Kier alpha value is -3.35. The predicted octanol–water partition coefficient (Wildman–Crippen LogP) is 3.86. The Morgan fingerprint density at radius 3 is 2.76 bits per heavy atom. The molecule has 1 fully saturated rings. The molecule has 0 bridgehead atoms. The Bertz CT molecular complexity index is 1720. The van der Waals surface area contributed by atoms with E-state index >= 15 is 0 Å². The van der Waals surface area contributed by atoms with Crippen LogP contribution in [0.2, 0.25) is 0 Å². The van der Waals surface area contributed by atoms with Crippen molar-refractivity contribution in [2.75, 3.05) is 13.2 Å². The van der Waals surface area contributed by atoms with Crippen molar-refractivity contribution in [3.63, 3.8) is 0 Å². The average Bonchev–Trinajstić information content (AvgIpc) is 3.75. The van der Waals surface area contributed by atoms with Crippen LogP contribution in [0.1, 0.15) is 18.0 Å². The van der Waals surface area contributed by atoms with Gasteiger partial charge in [-0.05, 0) is 46.3 Å². The number of fused-ring (bicyclic) bond motifs is 1. The van der Waals surface area contributed by atoms with Gasteiger partial charge >= 0.3 is 0 Å².